The third kappa shape index (κ3) is 4.09. The molecule has 1 heterocycles. The van der Waals surface area contributed by atoms with Crippen LogP contribution in [0.1, 0.15) is 18.5 Å². The Morgan fingerprint density at radius 1 is 1.12 bits per heavy atom. The molecule has 3 aromatic rings. The summed E-state index contributed by atoms with van der Waals surface area (Å²) in [5.74, 6) is 0.624. The van der Waals surface area contributed by atoms with Crippen molar-refractivity contribution in [1.82, 2.24) is 9.78 Å². The van der Waals surface area contributed by atoms with Crippen molar-refractivity contribution in [1.29, 1.82) is 0 Å². The first-order valence-corrected chi connectivity index (χ1v) is 8.50. The van der Waals surface area contributed by atoms with Crippen molar-refractivity contribution < 1.29 is 9.53 Å². The smallest absolute Gasteiger partial charge is 0.410 e. The van der Waals surface area contributed by atoms with Crippen molar-refractivity contribution in [2.45, 2.75) is 13.0 Å². The number of hydrogen-bond donors (Lipinski definition) is 2. The Labute approximate surface area is 159 Å². The Balaban J connectivity index is 1.75. The molecule has 0 saturated heterocycles. The number of anilines is 1. The van der Waals surface area contributed by atoms with Crippen LogP contribution in [0.2, 0.25) is 10.0 Å². The number of aromatic nitrogens is 2. The van der Waals surface area contributed by atoms with Gasteiger partial charge in [0.1, 0.15) is 11.6 Å². The number of hydrogen-bond acceptors (Lipinski definition) is 3. The first-order valence-electron chi connectivity index (χ1n) is 7.74. The van der Waals surface area contributed by atoms with Gasteiger partial charge in [0.2, 0.25) is 0 Å². The van der Waals surface area contributed by atoms with Crippen LogP contribution in [0.15, 0.2) is 59.4 Å². The first-order chi connectivity index (χ1) is 12.4. The molecule has 2 N–H and O–H groups in total. The number of nitrogens with zero attached hydrogens (tertiary/aromatic N) is 1. The van der Waals surface area contributed by atoms with Gasteiger partial charge in [-0.25, -0.2) is 9.48 Å². The lowest BCUT2D eigenvalue weighted by Gasteiger charge is -2.14. The SMILES string of the molecule is CC(c1ccc(Cl)c(Cl)c1)n1[nH]c(NC(=O)Oc2ccccc2)cc1=O. The average molecular weight is 392 g/mol. The molecular weight excluding hydrogens is 377 g/mol. The number of benzene rings is 2. The van der Waals surface area contributed by atoms with Crippen molar-refractivity contribution in [2.24, 2.45) is 0 Å². The minimum absolute atomic E-state index is 0.225. The molecule has 26 heavy (non-hydrogen) atoms. The number of para-hydroxylation sites is 1. The minimum Gasteiger partial charge on any atom is -0.410 e. The van der Waals surface area contributed by atoms with Crippen LogP contribution < -0.4 is 15.6 Å². The second-order valence-corrected chi connectivity index (χ2v) is 6.37. The Morgan fingerprint density at radius 3 is 2.54 bits per heavy atom. The average Bonchev–Trinajstić information content (AvgIpc) is 2.97. The lowest BCUT2D eigenvalue weighted by molar-refractivity contribution is 0.215. The number of H-pyrrole nitrogens is 1. The molecule has 0 aliphatic rings. The van der Waals surface area contributed by atoms with Crippen LogP contribution in [-0.4, -0.2) is 15.9 Å². The number of carbonyl (C=O) groups is 1. The van der Waals surface area contributed by atoms with Gasteiger partial charge in [-0.2, -0.15) is 0 Å². The molecule has 0 saturated carbocycles. The number of nitrogens with one attached hydrogen (secondary N) is 2. The summed E-state index contributed by atoms with van der Waals surface area (Å²) in [4.78, 5) is 24.2. The standard InChI is InChI=1S/C18H15Cl2N3O3/c1-11(12-7-8-14(19)15(20)9-12)23-17(24)10-16(22-23)21-18(25)26-13-5-3-2-4-6-13/h2-11,22H,1H3,(H,21,25). The van der Waals surface area contributed by atoms with Gasteiger partial charge in [-0.3, -0.25) is 15.2 Å². The molecule has 0 aliphatic carbocycles. The van der Waals surface area contributed by atoms with Crippen LogP contribution in [-0.2, 0) is 0 Å². The number of carbonyl (C=O) groups excluding carboxylic acids is 1. The predicted octanol–water partition coefficient (Wildman–Crippen LogP) is 4.70. The number of halogens is 2. The molecule has 3 rings (SSSR count). The highest BCUT2D eigenvalue weighted by molar-refractivity contribution is 6.42. The summed E-state index contributed by atoms with van der Waals surface area (Å²) in [6, 6.07) is 14.7. The van der Waals surface area contributed by atoms with E-state index in [0.717, 1.165) is 5.56 Å². The summed E-state index contributed by atoms with van der Waals surface area (Å²) in [6.45, 7) is 1.82. The van der Waals surface area contributed by atoms with E-state index in [-0.39, 0.29) is 17.4 Å². The topological polar surface area (TPSA) is 76.1 Å². The molecule has 1 atom stereocenters. The van der Waals surface area contributed by atoms with Gasteiger partial charge in [0.05, 0.1) is 16.1 Å². The van der Waals surface area contributed by atoms with E-state index in [1.165, 1.54) is 10.7 Å². The minimum atomic E-state index is -0.702. The zero-order valence-corrected chi connectivity index (χ0v) is 15.2. The van der Waals surface area contributed by atoms with Crippen molar-refractivity contribution in [3.63, 3.8) is 0 Å². The molecule has 0 bridgehead atoms. The van der Waals surface area contributed by atoms with E-state index in [0.29, 0.717) is 15.8 Å². The Kier molecular flexibility index (Phi) is 5.35. The summed E-state index contributed by atoms with van der Waals surface area (Å²) in [7, 11) is 0. The van der Waals surface area contributed by atoms with Crippen molar-refractivity contribution in [2.75, 3.05) is 5.32 Å². The third-order valence-electron chi connectivity index (χ3n) is 3.75. The van der Waals surface area contributed by atoms with Gasteiger partial charge < -0.3 is 4.74 Å². The Morgan fingerprint density at radius 2 is 1.85 bits per heavy atom. The maximum atomic E-state index is 12.2. The third-order valence-corrected chi connectivity index (χ3v) is 4.49. The molecule has 1 unspecified atom stereocenters. The summed E-state index contributed by atoms with van der Waals surface area (Å²) in [6.07, 6.45) is -0.702. The summed E-state index contributed by atoms with van der Waals surface area (Å²) < 4.78 is 6.50. The van der Waals surface area contributed by atoms with Crippen LogP contribution >= 0.6 is 23.2 Å². The first kappa shape index (κ1) is 18.1. The van der Waals surface area contributed by atoms with E-state index < -0.39 is 6.09 Å². The molecule has 2 aromatic carbocycles. The van der Waals surface area contributed by atoms with Crippen molar-refractivity contribution in [3.05, 3.63) is 80.6 Å². The molecular formula is C18H15Cl2N3O3. The zero-order chi connectivity index (χ0) is 18.7. The lowest BCUT2D eigenvalue weighted by atomic mass is 10.1. The van der Waals surface area contributed by atoms with Gasteiger partial charge in [-0.15, -0.1) is 0 Å². The number of amides is 1. The monoisotopic (exact) mass is 391 g/mol. The van der Waals surface area contributed by atoms with E-state index in [2.05, 4.69) is 10.4 Å². The van der Waals surface area contributed by atoms with Crippen LogP contribution in [0, 0.1) is 0 Å². The second kappa shape index (κ2) is 7.68. The van der Waals surface area contributed by atoms with Gasteiger partial charge in [-0.1, -0.05) is 47.5 Å². The van der Waals surface area contributed by atoms with E-state index in [9.17, 15) is 9.59 Å². The van der Waals surface area contributed by atoms with Crippen LogP contribution in [0.5, 0.6) is 5.75 Å². The quantitative estimate of drug-likeness (QED) is 0.676. The maximum absolute atomic E-state index is 12.2. The van der Waals surface area contributed by atoms with Gasteiger partial charge in [-0.05, 0) is 36.8 Å². The molecule has 6 nitrogen and oxygen atoms in total. The number of rotatable bonds is 4. The van der Waals surface area contributed by atoms with E-state index in [4.69, 9.17) is 27.9 Å². The van der Waals surface area contributed by atoms with E-state index >= 15 is 0 Å². The van der Waals surface area contributed by atoms with Gasteiger partial charge in [0, 0.05) is 6.07 Å². The fourth-order valence-corrected chi connectivity index (χ4v) is 2.72. The van der Waals surface area contributed by atoms with Crippen LogP contribution in [0.25, 0.3) is 0 Å². The molecule has 0 radical (unpaired) electrons. The van der Waals surface area contributed by atoms with Crippen molar-refractivity contribution >= 4 is 35.1 Å². The second-order valence-electron chi connectivity index (χ2n) is 5.56. The highest BCUT2D eigenvalue weighted by Crippen LogP contribution is 2.26. The molecule has 134 valence electrons. The van der Waals surface area contributed by atoms with Gasteiger partial charge >= 0.3 is 6.09 Å². The Bertz CT molecular complexity index is 983. The van der Waals surface area contributed by atoms with Gasteiger partial charge in [0.25, 0.3) is 5.56 Å². The van der Waals surface area contributed by atoms with E-state index in [1.54, 1.807) is 42.5 Å². The predicted molar refractivity (Wildman–Crippen MR) is 101 cm³/mol. The molecule has 0 fully saturated rings. The molecule has 1 aromatic heterocycles. The lowest BCUT2D eigenvalue weighted by Crippen LogP contribution is -2.21. The summed E-state index contributed by atoms with van der Waals surface area (Å²) in [5.41, 5.74) is 0.486. The largest absolute Gasteiger partial charge is 0.418 e. The van der Waals surface area contributed by atoms with Crippen LogP contribution in [0.4, 0.5) is 10.6 Å². The molecule has 0 spiro atoms. The number of aromatic amines is 1. The van der Waals surface area contributed by atoms with Crippen molar-refractivity contribution in [3.8, 4) is 5.75 Å². The fourth-order valence-electron chi connectivity index (χ4n) is 2.41. The summed E-state index contributed by atoms with van der Waals surface area (Å²) in [5, 5.41) is 6.18. The van der Waals surface area contributed by atoms with Crippen LogP contribution in [0.3, 0.4) is 0 Å². The van der Waals surface area contributed by atoms with Gasteiger partial charge in [0.15, 0.2) is 0 Å². The molecule has 0 aliphatic heterocycles. The zero-order valence-electron chi connectivity index (χ0n) is 13.7. The van der Waals surface area contributed by atoms with E-state index in [1.807, 2.05) is 13.0 Å². The Hall–Kier alpha value is -2.70. The number of ether oxygens (including phenoxy) is 1. The fraction of sp³-hybridized carbons (Fsp3) is 0.111. The summed E-state index contributed by atoms with van der Waals surface area (Å²) >= 11 is 12.0. The maximum Gasteiger partial charge on any atom is 0.418 e. The normalized spacial score (nSPS) is 11.8. The molecule has 1 amide bonds. The molecule has 8 heteroatoms. The highest BCUT2D eigenvalue weighted by atomic mass is 35.5. The highest BCUT2D eigenvalue weighted by Gasteiger charge is 2.15.